The van der Waals surface area contributed by atoms with Gasteiger partial charge in [-0.25, -0.2) is 0 Å². The van der Waals surface area contributed by atoms with Crippen molar-refractivity contribution in [1.29, 1.82) is 0 Å². The summed E-state index contributed by atoms with van der Waals surface area (Å²) in [5.41, 5.74) is 4.00. The molecule has 4 aliphatic heterocycles. The van der Waals surface area contributed by atoms with Crippen LogP contribution in [0.15, 0.2) is 66.7 Å². The first-order valence-corrected chi connectivity index (χ1v) is 17.1. The van der Waals surface area contributed by atoms with Gasteiger partial charge in [0.25, 0.3) is 5.91 Å². The molecule has 7 nitrogen and oxygen atoms in total. The van der Waals surface area contributed by atoms with Crippen molar-refractivity contribution in [3.05, 3.63) is 94.0 Å². The van der Waals surface area contributed by atoms with Gasteiger partial charge >= 0.3 is 0 Å². The van der Waals surface area contributed by atoms with E-state index in [1.54, 1.807) is 38.5 Å². The predicted octanol–water partition coefficient (Wildman–Crippen LogP) is 6.53. The first kappa shape index (κ1) is 32.5. The van der Waals surface area contributed by atoms with Crippen LogP contribution in [0.4, 0.5) is 0 Å². The Morgan fingerprint density at radius 1 is 0.891 bits per heavy atom. The summed E-state index contributed by atoms with van der Waals surface area (Å²) in [6.45, 7) is 6.66. The lowest BCUT2D eigenvalue weighted by atomic mass is 9.84. The van der Waals surface area contributed by atoms with Crippen LogP contribution in [-0.4, -0.2) is 74.5 Å². The third-order valence-corrected chi connectivity index (χ3v) is 10.6. The Labute approximate surface area is 278 Å². The Balaban J connectivity index is 0.000000178. The van der Waals surface area contributed by atoms with Crippen molar-refractivity contribution in [2.45, 2.75) is 51.1 Å². The third kappa shape index (κ3) is 7.76. The van der Waals surface area contributed by atoms with Gasteiger partial charge in [-0.1, -0.05) is 41.9 Å². The highest BCUT2D eigenvalue weighted by Crippen LogP contribution is 2.39. The number of fused-ring (bicyclic) bond motifs is 4. The summed E-state index contributed by atoms with van der Waals surface area (Å²) in [7, 11) is 3.26. The van der Waals surface area contributed by atoms with E-state index >= 15 is 0 Å². The fourth-order valence-electron chi connectivity index (χ4n) is 7.69. The zero-order chi connectivity index (χ0) is 32.0. The van der Waals surface area contributed by atoms with Crippen LogP contribution in [-0.2, 0) is 13.0 Å². The number of benzene rings is 3. The minimum atomic E-state index is 0.0189. The zero-order valence-corrected chi connectivity index (χ0v) is 27.8. The number of likely N-dealkylation sites (tertiary alicyclic amines) is 1. The molecule has 244 valence electrons. The van der Waals surface area contributed by atoms with E-state index in [4.69, 9.17) is 21.1 Å². The SMILES string of the molecule is COc1cc2c(cc1OC)C(=O)C(CC1CCN(Cc3ccccc3)CC1)C2.O=C(N[C@H]1CN2CCC1CC2)c1ccc(Cl)cc1. The van der Waals surface area contributed by atoms with E-state index in [9.17, 15) is 9.59 Å². The second kappa shape index (κ2) is 15.0. The molecule has 0 spiro atoms. The highest BCUT2D eigenvalue weighted by Gasteiger charge is 2.36. The number of piperidine rings is 4. The molecule has 0 radical (unpaired) electrons. The van der Waals surface area contributed by atoms with Crippen LogP contribution in [0, 0.1) is 17.8 Å². The van der Waals surface area contributed by atoms with Gasteiger partial charge in [0.2, 0.25) is 0 Å². The molecule has 0 aromatic heterocycles. The van der Waals surface area contributed by atoms with Gasteiger partial charge in [-0.3, -0.25) is 14.5 Å². The summed E-state index contributed by atoms with van der Waals surface area (Å²) in [5, 5.41) is 3.82. The number of ketones is 1. The molecule has 3 aromatic rings. The van der Waals surface area contributed by atoms with Crippen molar-refractivity contribution >= 4 is 23.3 Å². The third-order valence-electron chi connectivity index (χ3n) is 10.4. The van der Waals surface area contributed by atoms with Crippen LogP contribution in [0.2, 0.25) is 5.02 Å². The van der Waals surface area contributed by atoms with Crippen LogP contribution in [0.25, 0.3) is 0 Å². The molecule has 8 rings (SSSR count). The van der Waals surface area contributed by atoms with Crippen molar-refractivity contribution in [2.24, 2.45) is 17.8 Å². The molecule has 46 heavy (non-hydrogen) atoms. The van der Waals surface area contributed by atoms with Crippen LogP contribution in [0.5, 0.6) is 11.5 Å². The summed E-state index contributed by atoms with van der Waals surface area (Å²) in [6, 6.07) is 21.9. The Morgan fingerprint density at radius 3 is 2.20 bits per heavy atom. The van der Waals surface area contributed by atoms with Crippen LogP contribution in [0.1, 0.15) is 63.9 Å². The van der Waals surface area contributed by atoms with Gasteiger partial charge in [-0.15, -0.1) is 0 Å². The van der Waals surface area contributed by atoms with E-state index in [1.165, 1.54) is 44.3 Å². The number of hydrogen-bond acceptors (Lipinski definition) is 6. The van der Waals surface area contributed by atoms with Gasteiger partial charge in [0.15, 0.2) is 17.3 Å². The number of rotatable bonds is 8. The number of carbonyl (C=O) groups excluding carboxylic acids is 2. The Kier molecular flexibility index (Phi) is 10.6. The largest absolute Gasteiger partial charge is 0.493 e. The number of ether oxygens (including phenoxy) is 2. The average molecular weight is 644 g/mol. The highest BCUT2D eigenvalue weighted by atomic mass is 35.5. The topological polar surface area (TPSA) is 71.1 Å². The fraction of sp³-hybridized carbons (Fsp3) is 0.474. The Bertz CT molecular complexity index is 1480. The molecule has 8 heteroatoms. The van der Waals surface area contributed by atoms with Gasteiger partial charge < -0.3 is 19.7 Å². The van der Waals surface area contributed by atoms with Crippen molar-refractivity contribution in [1.82, 2.24) is 15.1 Å². The van der Waals surface area contributed by atoms with Gasteiger partial charge in [-0.2, -0.15) is 0 Å². The lowest BCUT2D eigenvalue weighted by molar-refractivity contribution is 0.0620. The van der Waals surface area contributed by atoms with Crippen LogP contribution < -0.4 is 14.8 Å². The van der Waals surface area contributed by atoms with Crippen molar-refractivity contribution in [2.75, 3.05) is 46.9 Å². The number of halogens is 1. The molecular formula is C38H46ClN3O4. The number of Topliss-reactive ketones (excluding diaryl/α,β-unsaturated/α-hetero) is 1. The molecular weight excluding hydrogens is 598 g/mol. The summed E-state index contributed by atoms with van der Waals surface area (Å²) in [5.74, 6) is 3.06. The average Bonchev–Trinajstić information content (AvgIpc) is 3.39. The summed E-state index contributed by atoms with van der Waals surface area (Å²) < 4.78 is 10.8. The van der Waals surface area contributed by atoms with Crippen molar-refractivity contribution in [3.8, 4) is 11.5 Å². The maximum Gasteiger partial charge on any atom is 0.251 e. The first-order chi connectivity index (χ1) is 22.4. The van der Waals surface area contributed by atoms with Crippen molar-refractivity contribution in [3.63, 3.8) is 0 Å². The minimum Gasteiger partial charge on any atom is -0.493 e. The molecule has 4 saturated heterocycles. The molecule has 1 N–H and O–H groups in total. The van der Waals surface area contributed by atoms with Crippen LogP contribution >= 0.6 is 11.6 Å². The molecule has 1 aliphatic carbocycles. The van der Waals surface area contributed by atoms with Gasteiger partial charge in [0, 0.05) is 41.2 Å². The Morgan fingerprint density at radius 2 is 1.57 bits per heavy atom. The number of nitrogens with zero attached hydrogens (tertiary/aromatic N) is 2. The normalized spacial score (nSPS) is 24.1. The summed E-state index contributed by atoms with van der Waals surface area (Å²) >= 11 is 5.82. The molecule has 3 aromatic carbocycles. The number of nitrogens with one attached hydrogen (secondary N) is 1. The Hall–Kier alpha value is -3.39. The van der Waals surface area contributed by atoms with Gasteiger partial charge in [0.1, 0.15) is 0 Å². The second-order valence-electron chi connectivity index (χ2n) is 13.3. The summed E-state index contributed by atoms with van der Waals surface area (Å²) in [6.07, 6.45) is 6.62. The number of carbonyl (C=O) groups is 2. The van der Waals surface area contributed by atoms with Crippen LogP contribution in [0.3, 0.4) is 0 Å². The predicted molar refractivity (Wildman–Crippen MR) is 182 cm³/mol. The lowest BCUT2D eigenvalue weighted by Gasteiger charge is -2.44. The maximum absolute atomic E-state index is 12.9. The molecule has 2 bridgehead atoms. The smallest absolute Gasteiger partial charge is 0.251 e. The molecule has 2 atom stereocenters. The number of methoxy groups -OCH3 is 2. The quantitative estimate of drug-likeness (QED) is 0.301. The van der Waals surface area contributed by atoms with E-state index in [-0.39, 0.29) is 17.6 Å². The standard InChI is InChI=1S/C24H29NO3.C14H17ClN2O/c1-27-22-14-19-13-20(24(26)21(19)15-23(22)28-2)12-17-8-10-25(11-9-17)16-18-6-4-3-5-7-18;15-12-3-1-11(2-4-12)14(18)16-13-9-17-7-5-10(13)6-8-17/h3-7,14-15,17,20H,8-13,16H2,1-2H3;1-4,10,13H,5-9H2,(H,16,18)/t;13-/m.0/s1. The maximum atomic E-state index is 12.9. The molecule has 4 heterocycles. The first-order valence-electron chi connectivity index (χ1n) is 16.7. The molecule has 0 saturated carbocycles. The van der Waals surface area contributed by atoms with E-state index in [0.29, 0.717) is 40.0 Å². The van der Waals surface area contributed by atoms with Gasteiger partial charge in [0.05, 0.1) is 14.2 Å². The summed E-state index contributed by atoms with van der Waals surface area (Å²) in [4.78, 5) is 30.0. The van der Waals surface area contributed by atoms with Gasteiger partial charge in [-0.05, 0) is 124 Å². The van der Waals surface area contributed by atoms with Crippen molar-refractivity contribution < 1.29 is 19.1 Å². The molecule has 1 unspecified atom stereocenters. The van der Waals surface area contributed by atoms with E-state index in [1.807, 2.05) is 12.1 Å². The highest BCUT2D eigenvalue weighted by molar-refractivity contribution is 6.30. The second-order valence-corrected chi connectivity index (χ2v) is 13.7. The minimum absolute atomic E-state index is 0.0189. The zero-order valence-electron chi connectivity index (χ0n) is 27.1. The monoisotopic (exact) mass is 643 g/mol. The van der Waals surface area contributed by atoms with E-state index < -0.39 is 0 Å². The fourth-order valence-corrected chi connectivity index (χ4v) is 7.82. The van der Waals surface area contributed by atoms with E-state index in [2.05, 4.69) is 45.4 Å². The van der Waals surface area contributed by atoms with E-state index in [0.717, 1.165) is 50.1 Å². The molecule has 4 fully saturated rings. The number of amides is 1. The molecule has 1 amide bonds. The molecule has 5 aliphatic rings. The number of hydrogen-bond donors (Lipinski definition) is 1. The lowest BCUT2D eigenvalue weighted by Crippen LogP contribution is -2.57.